The Morgan fingerprint density at radius 3 is 2.19 bits per heavy atom. The van der Waals surface area contributed by atoms with E-state index in [9.17, 15) is 30.3 Å². The van der Waals surface area contributed by atoms with E-state index >= 15 is 0 Å². The van der Waals surface area contributed by atoms with Crippen LogP contribution in [0.5, 0.6) is 0 Å². The van der Waals surface area contributed by atoms with Crippen LogP contribution in [-0.2, 0) is 23.7 Å². The van der Waals surface area contributed by atoms with E-state index in [0.717, 1.165) is 38.5 Å². The molecular formula is C37H60O10. The monoisotopic (exact) mass is 664 g/mol. The second-order valence-electron chi connectivity index (χ2n) is 18.8. The molecule has 47 heavy (non-hydrogen) atoms. The number of carbonyl (C=O) groups excluding carboxylic acids is 1. The average molecular weight is 665 g/mol. The van der Waals surface area contributed by atoms with Crippen molar-refractivity contribution < 1.29 is 49.3 Å². The van der Waals surface area contributed by atoms with Gasteiger partial charge in [-0.3, -0.25) is 4.79 Å². The van der Waals surface area contributed by atoms with Gasteiger partial charge in [0, 0.05) is 18.3 Å². The Labute approximate surface area is 279 Å². The summed E-state index contributed by atoms with van der Waals surface area (Å²) in [6.07, 6.45) is 1.43. The molecule has 7 rings (SSSR count). The number of esters is 1. The van der Waals surface area contributed by atoms with Gasteiger partial charge in [0.15, 0.2) is 6.29 Å². The summed E-state index contributed by atoms with van der Waals surface area (Å²) in [5.41, 5.74) is -2.69. The van der Waals surface area contributed by atoms with Crippen molar-refractivity contribution in [1.29, 1.82) is 0 Å². The van der Waals surface area contributed by atoms with Crippen molar-refractivity contribution in [1.82, 2.24) is 0 Å². The van der Waals surface area contributed by atoms with Crippen molar-refractivity contribution >= 4 is 5.97 Å². The SMILES string of the molecule is CC(=O)O[C@H]1C[C@@]2(C)[C@@H]3CC[C@H]4C(C)(C)[C@@H](O[C@@H]5OC[C@@H](O)[C@H](O)[C@H]5O)CC[C@@]45C[C@@]35C[C@@H](O)[C@]2(C)[C@H]1[C@]1(C)CC[C@H](C(C)(C)O)O1. The lowest BCUT2D eigenvalue weighted by Crippen LogP contribution is -2.64. The second kappa shape index (κ2) is 10.6. The van der Waals surface area contributed by atoms with Crippen LogP contribution < -0.4 is 0 Å². The van der Waals surface area contributed by atoms with E-state index in [0.29, 0.717) is 31.1 Å². The Morgan fingerprint density at radius 2 is 1.55 bits per heavy atom. The Morgan fingerprint density at radius 1 is 0.872 bits per heavy atom. The van der Waals surface area contributed by atoms with Crippen molar-refractivity contribution in [3.63, 3.8) is 0 Å². The first-order valence-electron chi connectivity index (χ1n) is 18.2. The molecule has 5 aliphatic carbocycles. The fourth-order valence-electron chi connectivity index (χ4n) is 13.7. The second-order valence-corrected chi connectivity index (χ2v) is 18.8. The minimum atomic E-state index is -1.32. The molecule has 0 aromatic rings. The smallest absolute Gasteiger partial charge is 0.302 e. The molecule has 0 bridgehead atoms. The minimum absolute atomic E-state index is 0.0181. The van der Waals surface area contributed by atoms with Gasteiger partial charge in [-0.2, -0.15) is 0 Å². The number of fused-ring (bicyclic) bond motifs is 2. The van der Waals surface area contributed by atoms with Crippen LogP contribution in [0.3, 0.4) is 0 Å². The van der Waals surface area contributed by atoms with Crippen molar-refractivity contribution in [3.05, 3.63) is 0 Å². The van der Waals surface area contributed by atoms with Crippen molar-refractivity contribution in [2.24, 2.45) is 44.8 Å². The maximum Gasteiger partial charge on any atom is 0.302 e. The first-order chi connectivity index (χ1) is 21.7. The number of aliphatic hydroxyl groups excluding tert-OH is 4. The van der Waals surface area contributed by atoms with Crippen LogP contribution in [0.15, 0.2) is 0 Å². The number of hydrogen-bond donors (Lipinski definition) is 5. The molecule has 7 aliphatic rings. The molecule has 268 valence electrons. The predicted octanol–water partition coefficient (Wildman–Crippen LogP) is 3.47. The van der Waals surface area contributed by atoms with Crippen LogP contribution in [0.4, 0.5) is 0 Å². The third kappa shape index (κ3) is 4.54. The maximum absolute atomic E-state index is 12.6. The van der Waals surface area contributed by atoms with Gasteiger partial charge < -0.3 is 44.5 Å². The molecule has 0 aromatic carbocycles. The normalized spacial score (nSPS) is 56.6. The highest BCUT2D eigenvalue weighted by atomic mass is 16.7. The third-order valence-electron chi connectivity index (χ3n) is 15.9. The lowest BCUT2D eigenvalue weighted by Gasteiger charge is -2.65. The molecule has 2 saturated heterocycles. The van der Waals surface area contributed by atoms with Crippen LogP contribution in [0.2, 0.25) is 0 Å². The Balaban J connectivity index is 1.19. The van der Waals surface area contributed by atoms with Crippen molar-refractivity contribution in [3.8, 4) is 0 Å². The number of ether oxygens (including phenoxy) is 4. The lowest BCUT2D eigenvalue weighted by atomic mass is 9.41. The summed E-state index contributed by atoms with van der Waals surface area (Å²) in [6.45, 7) is 16.2. The molecule has 7 fully saturated rings. The molecule has 2 heterocycles. The molecule has 0 radical (unpaired) electrons. The maximum atomic E-state index is 12.6. The van der Waals surface area contributed by atoms with E-state index in [4.69, 9.17) is 18.9 Å². The molecule has 10 nitrogen and oxygen atoms in total. The molecule has 16 atom stereocenters. The first-order valence-corrected chi connectivity index (χ1v) is 18.2. The van der Waals surface area contributed by atoms with Gasteiger partial charge in [0.2, 0.25) is 0 Å². The zero-order valence-corrected chi connectivity index (χ0v) is 29.7. The van der Waals surface area contributed by atoms with Gasteiger partial charge >= 0.3 is 5.97 Å². The van der Waals surface area contributed by atoms with E-state index in [-0.39, 0.29) is 58.5 Å². The molecule has 0 unspecified atom stereocenters. The molecule has 10 heteroatoms. The zero-order chi connectivity index (χ0) is 34.3. The third-order valence-corrected chi connectivity index (χ3v) is 15.9. The van der Waals surface area contributed by atoms with Crippen molar-refractivity contribution in [2.75, 3.05) is 6.61 Å². The molecule has 0 aromatic heterocycles. The highest BCUT2D eigenvalue weighted by molar-refractivity contribution is 5.66. The molecule has 2 spiro atoms. The Hall–Kier alpha value is -0.850. The average Bonchev–Trinajstić information content (AvgIpc) is 3.30. The Bertz CT molecular complexity index is 1270. The van der Waals surface area contributed by atoms with E-state index in [1.54, 1.807) is 13.8 Å². The summed E-state index contributed by atoms with van der Waals surface area (Å²) in [4.78, 5) is 12.6. The summed E-state index contributed by atoms with van der Waals surface area (Å²) in [5.74, 6) is 0.182. The summed E-state index contributed by atoms with van der Waals surface area (Å²) in [7, 11) is 0. The zero-order valence-electron chi connectivity index (χ0n) is 29.7. The van der Waals surface area contributed by atoms with Gasteiger partial charge in [-0.15, -0.1) is 0 Å². The standard InChI is InChI=1S/C37H60O10/c1-19(38)45-21-15-33(6)23-10-9-22-31(2,3)25(46-30-28(42)27(41)20(39)17-44-30)12-14-36(22)18-37(23,36)16-24(40)35(33,8)29(21)34(7)13-11-26(47-34)32(4,5)43/h20-30,39-43H,9-18H2,1-8H3/t20-,21+,22+,23+,24-,25+,26-,27+,28-,29-,30+,33+,34+,35-,36-,37+/m1/s1. The quantitative estimate of drug-likeness (QED) is 0.218. The van der Waals surface area contributed by atoms with Crippen LogP contribution in [-0.4, -0.2) is 98.3 Å². The lowest BCUT2D eigenvalue weighted by molar-refractivity contribution is -0.303. The van der Waals surface area contributed by atoms with Crippen LogP contribution in [0, 0.1) is 44.8 Å². The number of aliphatic hydroxyl groups is 5. The predicted molar refractivity (Wildman–Crippen MR) is 171 cm³/mol. The molecule has 5 N–H and O–H groups in total. The van der Waals surface area contributed by atoms with Gasteiger partial charge in [0.05, 0.1) is 36.1 Å². The fraction of sp³-hybridized carbons (Fsp3) is 0.973. The molecular weight excluding hydrogens is 604 g/mol. The summed E-state index contributed by atoms with van der Waals surface area (Å²) in [6, 6.07) is 0. The number of carbonyl (C=O) groups is 1. The van der Waals surface area contributed by atoms with Crippen LogP contribution in [0.1, 0.15) is 113 Å². The highest BCUT2D eigenvalue weighted by Gasteiger charge is 2.85. The van der Waals surface area contributed by atoms with Crippen LogP contribution >= 0.6 is 0 Å². The van der Waals surface area contributed by atoms with E-state index in [2.05, 4.69) is 34.6 Å². The van der Waals surface area contributed by atoms with E-state index in [1.165, 1.54) is 6.92 Å². The fourth-order valence-corrected chi connectivity index (χ4v) is 13.7. The van der Waals surface area contributed by atoms with Gasteiger partial charge in [0.1, 0.15) is 24.4 Å². The van der Waals surface area contributed by atoms with Crippen molar-refractivity contribution in [2.45, 2.75) is 173 Å². The highest BCUT2D eigenvalue weighted by Crippen LogP contribution is 2.89. The van der Waals surface area contributed by atoms with E-state index in [1.807, 2.05) is 0 Å². The van der Waals surface area contributed by atoms with Gasteiger partial charge in [-0.1, -0.05) is 27.7 Å². The summed E-state index contributed by atoms with van der Waals surface area (Å²) >= 11 is 0. The summed E-state index contributed by atoms with van der Waals surface area (Å²) < 4.78 is 25.1. The summed E-state index contributed by atoms with van der Waals surface area (Å²) in [5, 5.41) is 54.3. The molecule has 0 amide bonds. The van der Waals surface area contributed by atoms with Gasteiger partial charge in [-0.05, 0) is 112 Å². The largest absolute Gasteiger partial charge is 0.462 e. The van der Waals surface area contributed by atoms with Gasteiger partial charge in [-0.25, -0.2) is 0 Å². The topological polar surface area (TPSA) is 155 Å². The minimum Gasteiger partial charge on any atom is -0.462 e. The number of rotatable bonds is 5. The van der Waals surface area contributed by atoms with E-state index < -0.39 is 47.3 Å². The van der Waals surface area contributed by atoms with Gasteiger partial charge in [0.25, 0.3) is 0 Å². The molecule has 5 saturated carbocycles. The number of hydrogen-bond acceptors (Lipinski definition) is 10. The Kier molecular flexibility index (Phi) is 7.80. The van der Waals surface area contributed by atoms with Crippen LogP contribution in [0.25, 0.3) is 0 Å². The first kappa shape index (κ1) is 34.6. The molecule has 2 aliphatic heterocycles.